The van der Waals surface area contributed by atoms with Crippen LogP contribution in [0.15, 0.2) is 218 Å². The van der Waals surface area contributed by atoms with Crippen LogP contribution in [0.4, 0.5) is 0 Å². The van der Waals surface area contributed by atoms with Crippen molar-refractivity contribution in [2.75, 3.05) is 13.2 Å². The molecular formula is C67H72Fe2N8O5+4. The minimum absolute atomic E-state index is 0. The van der Waals surface area contributed by atoms with Crippen molar-refractivity contribution >= 4 is 23.5 Å². The van der Waals surface area contributed by atoms with Crippen molar-refractivity contribution in [3.63, 3.8) is 0 Å². The molecular weight excluding hydrogens is 1110 g/mol. The van der Waals surface area contributed by atoms with Gasteiger partial charge in [0.1, 0.15) is 17.5 Å². The van der Waals surface area contributed by atoms with Crippen molar-refractivity contribution in [2.24, 2.45) is 0 Å². The van der Waals surface area contributed by atoms with Gasteiger partial charge in [-0.1, -0.05) is 169 Å². The first-order valence-corrected chi connectivity index (χ1v) is 28.3. The number of β-lactam (4-membered cyclic amide) rings is 1. The summed E-state index contributed by atoms with van der Waals surface area (Å²) < 4.78 is 15.7. The van der Waals surface area contributed by atoms with Crippen molar-refractivity contribution in [3.05, 3.63) is 246 Å². The predicted molar refractivity (Wildman–Crippen MR) is 316 cm³/mol. The number of carbonyl (C=O) groups excluding carboxylic acids is 3. The first-order chi connectivity index (χ1) is 39.4. The molecule has 6 aliphatic rings. The number of carbonyl (C=O) groups is 3. The van der Waals surface area contributed by atoms with Gasteiger partial charge in [-0.2, -0.15) is 0 Å². The zero-order valence-electron chi connectivity index (χ0n) is 46.3. The van der Waals surface area contributed by atoms with Gasteiger partial charge in [0.05, 0.1) is 30.6 Å². The van der Waals surface area contributed by atoms with Crippen LogP contribution in [-0.4, -0.2) is 88.6 Å². The molecule has 1 amide bonds. The maximum Gasteiger partial charge on any atom is 2.00 e. The Bertz CT molecular complexity index is 3010. The molecule has 3 heterocycles. The number of nitrogens with zero attached hydrogens (tertiary/aromatic N) is 8. The zero-order valence-corrected chi connectivity index (χ0v) is 48.5. The largest absolute Gasteiger partial charge is 2.00 e. The quantitative estimate of drug-likeness (QED) is 0.0193. The van der Waals surface area contributed by atoms with E-state index in [2.05, 4.69) is 128 Å². The third-order valence-electron chi connectivity index (χ3n) is 14.3. The third-order valence-corrected chi connectivity index (χ3v) is 14.3. The standard InChI is InChI=1S/C57H60N8O5.2C5H6.2Fe/c66-54(33-22-44-15-7-8-16-44)46-24-28-51(29-25-46)69-37-11-35-63-41-48(58-60-63)39-62(56-53(32-21-43-13-3-1-4-14-43)65(57(56)68)50-19-5-2-6-20-50)40-49-42-64(61-59-49)36-12-38-70-52-30-26-47(27-31-52)55(67)34-23-45-17-9-10-18-45;2*1-2-4-5-3-1;;/h1,3-4,7,9,13-18,21-34,41-42,50,53,56H,2,5-6,8,10-12,19-20,35-40H2;2*1-4H,5H2;;/q;;;2*+2/b32-21+,33-22+,34-23+;;;;/t53-,56+;;;;/m1..../s1. The summed E-state index contributed by atoms with van der Waals surface area (Å²) >= 11 is 0. The molecule has 0 bridgehead atoms. The Hall–Kier alpha value is -7.51. The molecule has 1 aliphatic heterocycles. The van der Waals surface area contributed by atoms with Crippen molar-refractivity contribution in [3.8, 4) is 11.5 Å². The summed E-state index contributed by atoms with van der Waals surface area (Å²) in [5, 5.41) is 18.1. The molecule has 2 fully saturated rings. The van der Waals surface area contributed by atoms with Gasteiger partial charge in [0, 0.05) is 68.6 Å². The van der Waals surface area contributed by atoms with Crippen LogP contribution < -0.4 is 9.47 Å². The molecule has 0 N–H and O–H groups in total. The smallest absolute Gasteiger partial charge is 0.494 e. The van der Waals surface area contributed by atoms with Crippen LogP contribution in [-0.2, 0) is 65.1 Å². The molecule has 3 aromatic carbocycles. The van der Waals surface area contributed by atoms with E-state index in [1.165, 1.54) is 6.42 Å². The minimum atomic E-state index is -0.418. The van der Waals surface area contributed by atoms with Crippen LogP contribution in [0.3, 0.4) is 0 Å². The van der Waals surface area contributed by atoms with E-state index in [9.17, 15) is 14.4 Å². The summed E-state index contributed by atoms with van der Waals surface area (Å²) in [6.45, 7) is 2.90. The maximum atomic E-state index is 14.5. The van der Waals surface area contributed by atoms with Gasteiger partial charge < -0.3 is 14.4 Å². The van der Waals surface area contributed by atoms with Gasteiger partial charge in [0.2, 0.25) is 5.91 Å². The van der Waals surface area contributed by atoms with Gasteiger partial charge in [0.25, 0.3) is 0 Å². The molecule has 0 radical (unpaired) electrons. The predicted octanol–water partition coefficient (Wildman–Crippen LogP) is 12.7. The fraction of sp³-hybridized carbons (Fsp3) is 0.299. The van der Waals surface area contributed by atoms with Gasteiger partial charge in [-0.15, -0.1) is 10.2 Å². The van der Waals surface area contributed by atoms with Gasteiger partial charge in [-0.05, 0) is 116 Å². The number of ketones is 2. The molecule has 5 aromatic rings. The molecule has 11 rings (SSSR count). The molecule has 82 heavy (non-hydrogen) atoms. The van der Waals surface area contributed by atoms with E-state index in [0.717, 1.165) is 79.5 Å². The Balaban J connectivity index is 0.000000729. The van der Waals surface area contributed by atoms with E-state index in [1.807, 2.05) is 88.5 Å². The summed E-state index contributed by atoms with van der Waals surface area (Å²) in [6.07, 6.45) is 55.1. The Kier molecular flexibility index (Phi) is 25.3. The second kappa shape index (κ2) is 33.4. The Morgan fingerprint density at radius 2 is 1.07 bits per heavy atom. The van der Waals surface area contributed by atoms with Crippen LogP contribution in [0, 0.1) is 0 Å². The average Bonchev–Trinajstić information content (AvgIpc) is 4.45. The summed E-state index contributed by atoms with van der Waals surface area (Å²) in [6, 6.07) is 24.4. The molecule has 2 atom stereocenters. The third kappa shape index (κ3) is 19.0. The van der Waals surface area contributed by atoms with Gasteiger partial charge in [-0.25, -0.2) is 0 Å². The second-order valence-corrected chi connectivity index (χ2v) is 20.3. The first kappa shape index (κ1) is 62.1. The van der Waals surface area contributed by atoms with E-state index in [1.54, 1.807) is 36.4 Å². The van der Waals surface area contributed by atoms with Crippen LogP contribution >= 0.6 is 0 Å². The molecule has 15 heteroatoms. The molecule has 5 aliphatic carbocycles. The number of benzene rings is 3. The Morgan fingerprint density at radius 1 is 0.585 bits per heavy atom. The maximum absolute atomic E-state index is 14.5. The average molecular weight is 1180 g/mol. The monoisotopic (exact) mass is 1180 g/mol. The fourth-order valence-electron chi connectivity index (χ4n) is 10.1. The number of rotatable bonds is 24. The van der Waals surface area contributed by atoms with E-state index < -0.39 is 6.04 Å². The van der Waals surface area contributed by atoms with Crippen molar-refractivity contribution in [1.29, 1.82) is 0 Å². The van der Waals surface area contributed by atoms with Gasteiger partial charge in [0.15, 0.2) is 11.6 Å². The molecule has 13 nitrogen and oxygen atoms in total. The van der Waals surface area contributed by atoms with Crippen LogP contribution in [0.5, 0.6) is 11.5 Å². The molecule has 2 aromatic heterocycles. The fourth-order valence-corrected chi connectivity index (χ4v) is 10.1. The summed E-state index contributed by atoms with van der Waals surface area (Å²) in [5.41, 5.74) is 5.91. The number of aryl methyl sites for hydroxylation is 2. The van der Waals surface area contributed by atoms with Crippen LogP contribution in [0.25, 0.3) is 6.08 Å². The van der Waals surface area contributed by atoms with Crippen molar-refractivity contribution < 1.29 is 58.0 Å². The normalized spacial score (nSPS) is 17.6. The number of likely N-dealkylation sites (tertiary alicyclic amines) is 1. The summed E-state index contributed by atoms with van der Waals surface area (Å²) in [4.78, 5) is 44.0. The van der Waals surface area contributed by atoms with E-state index in [-0.39, 0.29) is 63.7 Å². The topological polar surface area (TPSA) is 138 Å². The SMILES string of the molecule is C1=CCC=C1.C1=CCC=C1.O=C(/C=C/C1=CCC=C1)c1ccc(OCCCn2cc(CN(Cc3cn(CCCOc4ccc(C(=O)/C=C/C5=CCC=C5)cc4)nn3)[C@@H]3C(=O)N(C4CCCCC4)[C@@H]3/C=C/c3ccccc3)nn2)cc1.[Fe+2].[Fe+2]. The van der Waals surface area contributed by atoms with E-state index >= 15 is 0 Å². The number of hydrogen-bond acceptors (Lipinski definition) is 10. The molecule has 422 valence electrons. The Labute approximate surface area is 503 Å². The molecule has 1 saturated heterocycles. The van der Waals surface area contributed by atoms with E-state index in [4.69, 9.17) is 9.47 Å². The molecule has 0 unspecified atom stereocenters. The number of aromatic nitrogens is 6. The van der Waals surface area contributed by atoms with Gasteiger partial charge >= 0.3 is 34.1 Å². The van der Waals surface area contributed by atoms with Crippen LogP contribution in [0.2, 0.25) is 0 Å². The van der Waals surface area contributed by atoms with E-state index in [0.29, 0.717) is 74.9 Å². The second-order valence-electron chi connectivity index (χ2n) is 20.3. The molecule has 1 saturated carbocycles. The summed E-state index contributed by atoms with van der Waals surface area (Å²) in [5.74, 6) is 1.43. The van der Waals surface area contributed by atoms with Crippen LogP contribution in [0.1, 0.15) is 108 Å². The summed E-state index contributed by atoms with van der Waals surface area (Å²) in [7, 11) is 0. The van der Waals surface area contributed by atoms with Crippen molar-refractivity contribution in [1.82, 2.24) is 39.8 Å². The number of hydrogen-bond donors (Lipinski definition) is 0. The van der Waals surface area contributed by atoms with Gasteiger partial charge in [-0.3, -0.25) is 28.6 Å². The first-order valence-electron chi connectivity index (χ1n) is 28.3. The zero-order chi connectivity index (χ0) is 55.0. The Morgan fingerprint density at radius 3 is 1.51 bits per heavy atom. The minimum Gasteiger partial charge on any atom is -0.494 e. The number of allylic oxidation sites excluding steroid dienone is 20. The molecule has 0 spiro atoms. The number of ether oxygens (including phenoxy) is 2. The number of amides is 1. The van der Waals surface area contributed by atoms with Crippen molar-refractivity contribution in [2.45, 2.75) is 115 Å².